The van der Waals surface area contributed by atoms with Crippen molar-refractivity contribution in [1.29, 1.82) is 0 Å². The highest BCUT2D eigenvalue weighted by Gasteiger charge is 2.35. The van der Waals surface area contributed by atoms with Crippen molar-refractivity contribution in [1.82, 2.24) is 4.90 Å². The van der Waals surface area contributed by atoms with Gasteiger partial charge in [0.2, 0.25) is 5.91 Å². The summed E-state index contributed by atoms with van der Waals surface area (Å²) in [6.07, 6.45) is -7.55. The van der Waals surface area contributed by atoms with Crippen molar-refractivity contribution in [2.24, 2.45) is 5.73 Å². The van der Waals surface area contributed by atoms with Crippen LogP contribution < -0.4 is 16.0 Å². The van der Waals surface area contributed by atoms with Gasteiger partial charge >= 0.3 is 6.18 Å². The molecule has 168 valence electrons. The van der Waals surface area contributed by atoms with Crippen molar-refractivity contribution < 1.29 is 36.3 Å². The number of ether oxygens (including phenoxy) is 1. The number of halogens is 5. The number of carbonyl (C=O) groups excluding carboxylic acids is 2. The Balaban J connectivity index is 2.25. The fourth-order valence-electron chi connectivity index (χ4n) is 3.11. The zero-order valence-electron chi connectivity index (χ0n) is 16.2. The smallest absolute Gasteiger partial charge is 0.370 e. The first kappa shape index (κ1) is 24.0. The maximum absolute atomic E-state index is 13.6. The van der Waals surface area contributed by atoms with Crippen molar-refractivity contribution in [2.75, 3.05) is 49.6 Å². The highest BCUT2D eigenvalue weighted by molar-refractivity contribution is 5.97. The van der Waals surface area contributed by atoms with Gasteiger partial charge in [-0.3, -0.25) is 14.5 Å². The highest BCUT2D eigenvalue weighted by atomic mass is 19.4. The van der Waals surface area contributed by atoms with Gasteiger partial charge in [0.15, 0.2) is 0 Å². The molecule has 12 heteroatoms. The largest absolute Gasteiger partial charge is 0.401 e. The first-order valence-corrected chi connectivity index (χ1v) is 9.19. The van der Waals surface area contributed by atoms with Crippen LogP contribution in [0.3, 0.4) is 0 Å². The molecule has 1 aromatic carbocycles. The van der Waals surface area contributed by atoms with Crippen molar-refractivity contribution in [3.8, 4) is 0 Å². The van der Waals surface area contributed by atoms with Crippen LogP contribution in [0.25, 0.3) is 0 Å². The summed E-state index contributed by atoms with van der Waals surface area (Å²) in [5.74, 6) is -1.33. The van der Waals surface area contributed by atoms with E-state index in [-0.39, 0.29) is 37.7 Å². The van der Waals surface area contributed by atoms with Crippen LogP contribution in [-0.2, 0) is 14.3 Å². The van der Waals surface area contributed by atoms with E-state index in [1.807, 2.05) is 0 Å². The molecule has 30 heavy (non-hydrogen) atoms. The minimum atomic E-state index is -4.55. The SMILES string of the molecule is CCN(CC(F)(F)F)[C@@H](CN)C(=O)Nc1ccc(N2CCOCC2=O)cc1C(F)F. The quantitative estimate of drug-likeness (QED) is 0.608. The third kappa shape index (κ3) is 6.09. The number of benzene rings is 1. The Morgan fingerprint density at radius 2 is 2.07 bits per heavy atom. The second kappa shape index (κ2) is 10.1. The van der Waals surface area contributed by atoms with Gasteiger partial charge in [-0.05, 0) is 24.7 Å². The van der Waals surface area contributed by atoms with Crippen LogP contribution in [0.5, 0.6) is 0 Å². The molecule has 3 N–H and O–H groups in total. The molecule has 0 saturated carbocycles. The maximum atomic E-state index is 13.6. The molecule has 0 spiro atoms. The highest BCUT2D eigenvalue weighted by Crippen LogP contribution is 2.32. The number of carbonyl (C=O) groups is 2. The van der Waals surface area contributed by atoms with Gasteiger partial charge in [-0.1, -0.05) is 6.92 Å². The molecule has 0 aromatic heterocycles. The molecule has 1 aromatic rings. The molecule has 1 heterocycles. The van der Waals surface area contributed by atoms with E-state index in [1.54, 1.807) is 0 Å². The zero-order valence-corrected chi connectivity index (χ0v) is 16.2. The Morgan fingerprint density at radius 1 is 1.37 bits per heavy atom. The third-order valence-corrected chi connectivity index (χ3v) is 4.58. The van der Waals surface area contributed by atoms with Gasteiger partial charge in [0.1, 0.15) is 12.6 Å². The fourth-order valence-corrected chi connectivity index (χ4v) is 3.11. The fraction of sp³-hybridized carbons (Fsp3) is 0.556. The summed E-state index contributed by atoms with van der Waals surface area (Å²) < 4.78 is 70.4. The number of nitrogens with one attached hydrogen (secondary N) is 1. The molecule has 1 fully saturated rings. The summed E-state index contributed by atoms with van der Waals surface area (Å²) in [7, 11) is 0. The summed E-state index contributed by atoms with van der Waals surface area (Å²) in [5, 5.41) is 2.25. The van der Waals surface area contributed by atoms with Gasteiger partial charge in [-0.15, -0.1) is 0 Å². The second-order valence-electron chi connectivity index (χ2n) is 6.59. The van der Waals surface area contributed by atoms with Crippen molar-refractivity contribution in [3.05, 3.63) is 23.8 Å². The number of likely N-dealkylation sites (N-methyl/N-ethyl adjacent to an activating group) is 1. The normalized spacial score (nSPS) is 16.3. The van der Waals surface area contributed by atoms with Crippen molar-refractivity contribution in [2.45, 2.75) is 25.6 Å². The number of hydrogen-bond donors (Lipinski definition) is 2. The van der Waals surface area contributed by atoms with E-state index in [0.717, 1.165) is 11.0 Å². The van der Waals surface area contributed by atoms with E-state index >= 15 is 0 Å². The zero-order chi connectivity index (χ0) is 22.5. The Bertz CT molecular complexity index is 760. The average molecular weight is 438 g/mol. The van der Waals surface area contributed by atoms with E-state index in [0.29, 0.717) is 0 Å². The summed E-state index contributed by atoms with van der Waals surface area (Å²) in [6, 6.07) is 2.26. The summed E-state index contributed by atoms with van der Waals surface area (Å²) in [4.78, 5) is 26.5. The number of morpholine rings is 1. The monoisotopic (exact) mass is 438 g/mol. The van der Waals surface area contributed by atoms with Crippen LogP contribution in [0, 0.1) is 0 Å². The Kier molecular flexibility index (Phi) is 8.10. The lowest BCUT2D eigenvalue weighted by Crippen LogP contribution is -2.51. The van der Waals surface area contributed by atoms with Gasteiger partial charge in [-0.25, -0.2) is 8.78 Å². The van der Waals surface area contributed by atoms with Crippen LogP contribution in [0.1, 0.15) is 18.9 Å². The van der Waals surface area contributed by atoms with Gasteiger partial charge in [0, 0.05) is 30.0 Å². The average Bonchev–Trinajstić information content (AvgIpc) is 2.67. The number of nitrogens with zero attached hydrogens (tertiary/aromatic N) is 2. The van der Waals surface area contributed by atoms with Gasteiger partial charge in [0.25, 0.3) is 12.3 Å². The molecule has 2 rings (SSSR count). The van der Waals surface area contributed by atoms with Crippen molar-refractivity contribution in [3.63, 3.8) is 0 Å². The molecule has 7 nitrogen and oxygen atoms in total. The molecule has 1 atom stereocenters. The molecular weight excluding hydrogens is 415 g/mol. The van der Waals surface area contributed by atoms with Crippen LogP contribution in [-0.4, -0.2) is 68.3 Å². The maximum Gasteiger partial charge on any atom is 0.401 e. The summed E-state index contributed by atoms with van der Waals surface area (Å²) in [5.41, 5.74) is 4.87. The number of alkyl halides is 5. The number of anilines is 2. The minimum absolute atomic E-state index is 0.116. The summed E-state index contributed by atoms with van der Waals surface area (Å²) in [6.45, 7) is -0.218. The number of amides is 2. The number of nitrogens with two attached hydrogens (primary N) is 1. The summed E-state index contributed by atoms with van der Waals surface area (Å²) >= 11 is 0. The van der Waals surface area contributed by atoms with Crippen LogP contribution >= 0.6 is 0 Å². The molecule has 0 aliphatic carbocycles. The third-order valence-electron chi connectivity index (χ3n) is 4.58. The van der Waals surface area contributed by atoms with Crippen LogP contribution in [0.15, 0.2) is 18.2 Å². The second-order valence-corrected chi connectivity index (χ2v) is 6.59. The van der Waals surface area contributed by atoms with E-state index in [2.05, 4.69) is 5.32 Å². The van der Waals surface area contributed by atoms with Crippen molar-refractivity contribution >= 4 is 23.2 Å². The Labute approximate surface area is 169 Å². The van der Waals surface area contributed by atoms with Gasteiger partial charge in [-0.2, -0.15) is 13.2 Å². The lowest BCUT2D eigenvalue weighted by atomic mass is 10.1. The topological polar surface area (TPSA) is 87.9 Å². The van der Waals surface area contributed by atoms with E-state index in [4.69, 9.17) is 10.5 Å². The first-order chi connectivity index (χ1) is 14.1. The standard InChI is InChI=1S/C18H23F5N4O3/c1-2-26(10-18(21,22)23)14(8-24)17(29)25-13-4-3-11(7-12(13)16(19)20)27-5-6-30-9-15(27)28/h3-4,7,14,16H,2,5-6,8-10,24H2,1H3,(H,25,29)/t14-/m0/s1. The lowest BCUT2D eigenvalue weighted by Gasteiger charge is -2.30. The van der Waals surface area contributed by atoms with E-state index < -0.39 is 49.1 Å². The molecule has 0 bridgehead atoms. The van der Waals surface area contributed by atoms with Crippen LogP contribution in [0.2, 0.25) is 0 Å². The van der Waals surface area contributed by atoms with E-state index in [9.17, 15) is 31.5 Å². The van der Waals surface area contributed by atoms with Gasteiger partial charge < -0.3 is 20.7 Å². The number of rotatable bonds is 8. The van der Waals surface area contributed by atoms with Gasteiger partial charge in [0.05, 0.1) is 13.2 Å². The predicted octanol–water partition coefficient (Wildman–Crippen LogP) is 2.14. The minimum Gasteiger partial charge on any atom is -0.370 e. The Morgan fingerprint density at radius 3 is 2.60 bits per heavy atom. The molecule has 1 saturated heterocycles. The lowest BCUT2D eigenvalue weighted by molar-refractivity contribution is -0.153. The molecular formula is C18H23F5N4O3. The Hall–Kier alpha value is -2.31. The molecule has 2 amide bonds. The van der Waals surface area contributed by atoms with Crippen LogP contribution in [0.4, 0.5) is 33.3 Å². The first-order valence-electron chi connectivity index (χ1n) is 9.19. The molecule has 1 aliphatic rings. The molecule has 0 unspecified atom stereocenters. The molecule has 1 aliphatic heterocycles. The van der Waals surface area contributed by atoms with E-state index in [1.165, 1.54) is 24.0 Å². The predicted molar refractivity (Wildman–Crippen MR) is 99.3 cm³/mol. The molecule has 0 radical (unpaired) electrons. The number of hydrogen-bond acceptors (Lipinski definition) is 5.